The Labute approximate surface area is 281 Å². The van der Waals surface area contributed by atoms with Crippen molar-refractivity contribution in [1.82, 2.24) is 19.7 Å². The van der Waals surface area contributed by atoms with Crippen LogP contribution < -0.4 is 4.90 Å². The Morgan fingerprint density at radius 1 is 1.13 bits per heavy atom. The SMILES string of the molecule is Cc1cc2nc(-c3ccc4c(c3)c(N3CCN5C(=O)COC[C@H]5C3)nn4C)sc2c(-c2ccc(Cl)cc2)c1[C@H](OC(C)(C)C)C(=O)O. The number of thiazole rings is 1. The molecule has 2 aromatic heterocycles. The van der Waals surface area contributed by atoms with E-state index in [4.69, 9.17) is 31.2 Å². The number of rotatable bonds is 6. The summed E-state index contributed by atoms with van der Waals surface area (Å²) in [4.78, 5) is 34.3. The van der Waals surface area contributed by atoms with Gasteiger partial charge in [-0.3, -0.25) is 9.48 Å². The quantitative estimate of drug-likeness (QED) is 0.219. The van der Waals surface area contributed by atoms with Gasteiger partial charge in [0.1, 0.15) is 11.6 Å². The minimum absolute atomic E-state index is 0.00452. The van der Waals surface area contributed by atoms with Gasteiger partial charge in [-0.15, -0.1) is 11.3 Å². The fraction of sp³-hybridized carbons (Fsp3) is 0.371. The summed E-state index contributed by atoms with van der Waals surface area (Å²) in [6.45, 7) is 10.1. The maximum atomic E-state index is 12.7. The number of piperazine rings is 1. The number of carbonyl (C=O) groups is 2. The Balaban J connectivity index is 1.35. The van der Waals surface area contributed by atoms with E-state index in [1.807, 2.05) is 74.7 Å². The summed E-state index contributed by atoms with van der Waals surface area (Å²) in [6, 6.07) is 15.6. The zero-order valence-corrected chi connectivity index (χ0v) is 28.5. The molecule has 12 heteroatoms. The topological polar surface area (TPSA) is 110 Å². The number of aryl methyl sites for hydroxylation is 2. The molecule has 2 fully saturated rings. The zero-order chi connectivity index (χ0) is 33.2. The number of fused-ring (bicyclic) bond motifs is 3. The number of amides is 1. The lowest BCUT2D eigenvalue weighted by Gasteiger charge is -2.43. The molecular weight excluding hydrogens is 638 g/mol. The smallest absolute Gasteiger partial charge is 0.337 e. The molecule has 0 radical (unpaired) electrons. The van der Waals surface area contributed by atoms with Crippen molar-refractivity contribution in [2.45, 2.75) is 45.4 Å². The van der Waals surface area contributed by atoms with Crippen LogP contribution >= 0.6 is 22.9 Å². The molecule has 5 aromatic rings. The fourth-order valence-electron chi connectivity index (χ4n) is 6.66. The molecule has 2 aliphatic rings. The van der Waals surface area contributed by atoms with Crippen LogP contribution in [0.15, 0.2) is 48.5 Å². The number of benzene rings is 3. The predicted octanol–water partition coefficient (Wildman–Crippen LogP) is 6.47. The van der Waals surface area contributed by atoms with E-state index in [-0.39, 0.29) is 18.6 Å². The van der Waals surface area contributed by atoms with Gasteiger partial charge in [-0.1, -0.05) is 23.7 Å². The second-order valence-electron chi connectivity index (χ2n) is 13.2. The maximum Gasteiger partial charge on any atom is 0.337 e. The molecule has 0 aliphatic carbocycles. The Morgan fingerprint density at radius 3 is 2.60 bits per heavy atom. The summed E-state index contributed by atoms with van der Waals surface area (Å²) in [5, 5.41) is 17.7. The van der Waals surface area contributed by atoms with E-state index in [1.165, 1.54) is 11.3 Å². The first-order valence-corrected chi connectivity index (χ1v) is 16.8. The molecular formula is C35H36ClN5O5S. The molecule has 0 saturated carbocycles. The highest BCUT2D eigenvalue weighted by molar-refractivity contribution is 7.22. The molecule has 4 heterocycles. The van der Waals surface area contributed by atoms with Crippen molar-refractivity contribution >= 4 is 61.8 Å². The largest absolute Gasteiger partial charge is 0.479 e. The normalized spacial score (nSPS) is 17.8. The number of carboxylic acids is 1. The average molecular weight is 674 g/mol. The van der Waals surface area contributed by atoms with E-state index >= 15 is 0 Å². The monoisotopic (exact) mass is 673 g/mol. The fourth-order valence-corrected chi connectivity index (χ4v) is 7.91. The van der Waals surface area contributed by atoms with Crippen LogP contribution in [0.5, 0.6) is 0 Å². The standard InChI is InChI=1S/C35H36ClN5O5S/c1-19-14-25-31(29(20-6-9-22(36)10-7-20)28(19)30(34(43)44)46-35(2,3)4)47-33(37-25)21-8-11-26-24(15-21)32(38-39(26)5)40-12-13-41-23(16-40)17-45-18-27(41)42/h6-11,14-15,23,30H,12-13,16-18H2,1-5H3,(H,43,44)/t23-,30+/m1/s1. The van der Waals surface area contributed by atoms with Crippen LogP contribution in [-0.2, 0) is 26.1 Å². The number of carboxylic acid groups (broad SMARTS) is 1. The molecule has 0 unspecified atom stereocenters. The van der Waals surface area contributed by atoms with Crippen molar-refractivity contribution in [2.24, 2.45) is 7.05 Å². The molecule has 0 bridgehead atoms. The van der Waals surface area contributed by atoms with Crippen LogP contribution in [0.2, 0.25) is 5.02 Å². The average Bonchev–Trinajstić information content (AvgIpc) is 3.60. The lowest BCUT2D eigenvalue weighted by molar-refractivity contribution is -0.160. The molecule has 0 spiro atoms. The summed E-state index contributed by atoms with van der Waals surface area (Å²) < 4.78 is 14.5. The molecule has 2 aliphatic heterocycles. The van der Waals surface area contributed by atoms with Gasteiger partial charge in [-0.05, 0) is 75.2 Å². The second-order valence-corrected chi connectivity index (χ2v) is 14.6. The van der Waals surface area contributed by atoms with Gasteiger partial charge in [0.25, 0.3) is 0 Å². The Kier molecular flexibility index (Phi) is 7.99. The number of morpholine rings is 1. The third-order valence-corrected chi connectivity index (χ3v) is 10.1. The molecule has 47 heavy (non-hydrogen) atoms. The molecule has 7 rings (SSSR count). The molecule has 2 saturated heterocycles. The second kappa shape index (κ2) is 11.9. The molecule has 3 aromatic carbocycles. The van der Waals surface area contributed by atoms with Gasteiger partial charge < -0.3 is 24.4 Å². The van der Waals surface area contributed by atoms with E-state index < -0.39 is 17.7 Å². The third kappa shape index (κ3) is 5.86. The summed E-state index contributed by atoms with van der Waals surface area (Å²) in [5.74, 6) is -0.144. The maximum absolute atomic E-state index is 12.7. The Bertz CT molecular complexity index is 2030. The number of aliphatic carboxylic acids is 1. The van der Waals surface area contributed by atoms with E-state index in [1.54, 1.807) is 0 Å². The number of aromatic nitrogens is 3. The van der Waals surface area contributed by atoms with Crippen LogP contribution in [0.4, 0.5) is 5.82 Å². The molecule has 2 atom stereocenters. The van der Waals surface area contributed by atoms with Gasteiger partial charge in [-0.25, -0.2) is 9.78 Å². The Hall–Kier alpha value is -4.03. The first-order valence-electron chi connectivity index (χ1n) is 15.6. The predicted molar refractivity (Wildman–Crippen MR) is 184 cm³/mol. The van der Waals surface area contributed by atoms with Crippen LogP contribution in [0.25, 0.3) is 42.8 Å². The minimum atomic E-state index is -1.18. The number of ether oxygens (including phenoxy) is 2. The van der Waals surface area contributed by atoms with Crippen molar-refractivity contribution in [1.29, 1.82) is 0 Å². The number of anilines is 1. The van der Waals surface area contributed by atoms with Crippen LogP contribution in [-0.4, -0.2) is 81.1 Å². The first kappa shape index (κ1) is 31.6. The molecule has 1 N–H and O–H groups in total. The van der Waals surface area contributed by atoms with Crippen LogP contribution in [0, 0.1) is 6.92 Å². The third-order valence-electron chi connectivity index (χ3n) is 8.73. The highest BCUT2D eigenvalue weighted by atomic mass is 35.5. The highest BCUT2D eigenvalue weighted by Gasteiger charge is 2.36. The number of halogens is 1. The zero-order valence-electron chi connectivity index (χ0n) is 26.9. The van der Waals surface area contributed by atoms with Crippen molar-refractivity contribution in [3.05, 3.63) is 64.7 Å². The van der Waals surface area contributed by atoms with Gasteiger partial charge in [-0.2, -0.15) is 5.10 Å². The van der Waals surface area contributed by atoms with E-state index in [0.717, 1.165) is 54.2 Å². The van der Waals surface area contributed by atoms with Gasteiger partial charge >= 0.3 is 5.97 Å². The van der Waals surface area contributed by atoms with Gasteiger partial charge in [0, 0.05) is 53.8 Å². The van der Waals surface area contributed by atoms with Crippen LogP contribution in [0.1, 0.15) is 38.0 Å². The van der Waals surface area contributed by atoms with Crippen LogP contribution in [0.3, 0.4) is 0 Å². The lowest BCUT2D eigenvalue weighted by Crippen LogP contribution is -2.60. The number of hydrogen-bond donors (Lipinski definition) is 1. The van der Waals surface area contributed by atoms with Gasteiger partial charge in [0.15, 0.2) is 11.9 Å². The van der Waals surface area contributed by atoms with Gasteiger partial charge in [0.05, 0.1) is 34.0 Å². The molecule has 244 valence electrons. The highest BCUT2D eigenvalue weighted by Crippen LogP contribution is 2.45. The number of carbonyl (C=O) groups excluding carboxylic acids is 1. The van der Waals surface area contributed by atoms with Crippen molar-refractivity contribution < 1.29 is 24.2 Å². The van der Waals surface area contributed by atoms with Gasteiger partial charge in [0.2, 0.25) is 5.91 Å². The summed E-state index contributed by atoms with van der Waals surface area (Å²) in [6.07, 6.45) is -1.18. The lowest BCUT2D eigenvalue weighted by atomic mass is 9.91. The van der Waals surface area contributed by atoms with E-state index in [2.05, 4.69) is 23.1 Å². The summed E-state index contributed by atoms with van der Waals surface area (Å²) in [7, 11) is 1.94. The van der Waals surface area contributed by atoms with E-state index in [9.17, 15) is 14.7 Å². The van der Waals surface area contributed by atoms with Crippen molar-refractivity contribution in [3.63, 3.8) is 0 Å². The summed E-state index contributed by atoms with van der Waals surface area (Å²) >= 11 is 7.79. The minimum Gasteiger partial charge on any atom is -0.479 e. The van der Waals surface area contributed by atoms with Crippen molar-refractivity contribution in [2.75, 3.05) is 37.7 Å². The molecule has 10 nitrogen and oxygen atoms in total. The Morgan fingerprint density at radius 2 is 1.87 bits per heavy atom. The summed E-state index contributed by atoms with van der Waals surface area (Å²) in [5.41, 5.74) is 5.02. The number of hydrogen-bond acceptors (Lipinski definition) is 8. The first-order chi connectivity index (χ1) is 22.4. The molecule has 1 amide bonds. The van der Waals surface area contributed by atoms with E-state index in [0.29, 0.717) is 36.8 Å². The number of nitrogens with zero attached hydrogens (tertiary/aromatic N) is 5. The van der Waals surface area contributed by atoms with Crippen molar-refractivity contribution in [3.8, 4) is 21.7 Å².